The fourth-order valence-corrected chi connectivity index (χ4v) is 2.58. The highest BCUT2D eigenvalue weighted by Crippen LogP contribution is 2.20. The van der Waals surface area contributed by atoms with E-state index in [4.69, 9.17) is 16.7 Å². The topological polar surface area (TPSA) is 89.3 Å². The van der Waals surface area contributed by atoms with Crippen molar-refractivity contribution in [1.29, 1.82) is 0 Å². The van der Waals surface area contributed by atoms with Crippen LogP contribution in [-0.4, -0.2) is 14.3 Å². The number of nitrogens with two attached hydrogens (primary N) is 1. The maximum atomic E-state index is 12.2. The maximum absolute atomic E-state index is 12.2. The molecule has 0 aliphatic carbocycles. The Morgan fingerprint density at radius 3 is 2.41 bits per heavy atom. The van der Waals surface area contributed by atoms with Crippen molar-refractivity contribution in [3.05, 3.63) is 64.2 Å². The van der Waals surface area contributed by atoms with Crippen LogP contribution in [0.15, 0.2) is 47.4 Å². The summed E-state index contributed by atoms with van der Waals surface area (Å²) in [6.07, 6.45) is 0. The van der Waals surface area contributed by atoms with E-state index in [0.717, 1.165) is 11.1 Å². The van der Waals surface area contributed by atoms with Crippen LogP contribution in [0.4, 0.5) is 0 Å². The molecular weight excluding hydrogens is 324 g/mol. The number of primary sulfonamides is 1. The Morgan fingerprint density at radius 1 is 1.18 bits per heavy atom. The van der Waals surface area contributed by atoms with Gasteiger partial charge >= 0.3 is 0 Å². The van der Waals surface area contributed by atoms with Gasteiger partial charge in [-0.3, -0.25) is 4.79 Å². The number of aryl methyl sites for hydroxylation is 1. The second-order valence-corrected chi connectivity index (χ2v) is 6.82. The third kappa shape index (κ3) is 4.07. The average Bonchev–Trinajstić information content (AvgIpc) is 2.45. The van der Waals surface area contributed by atoms with E-state index in [2.05, 4.69) is 5.32 Å². The van der Waals surface area contributed by atoms with E-state index < -0.39 is 15.9 Å². The smallest absolute Gasteiger partial charge is 0.253 e. The third-order valence-corrected chi connectivity index (χ3v) is 4.33. The first-order valence-electron chi connectivity index (χ1n) is 6.43. The van der Waals surface area contributed by atoms with Gasteiger partial charge in [0.2, 0.25) is 10.0 Å². The predicted octanol–water partition coefficient (Wildman–Crippen LogP) is 2.23. The number of hydrogen-bond donors (Lipinski definition) is 2. The number of carbonyl (C=O) groups excluding carboxylic acids is 1. The quantitative estimate of drug-likeness (QED) is 0.895. The Bertz CT molecular complexity index is 802. The van der Waals surface area contributed by atoms with Gasteiger partial charge in [-0.1, -0.05) is 41.4 Å². The molecule has 0 atom stereocenters. The zero-order valence-corrected chi connectivity index (χ0v) is 13.4. The molecule has 0 aromatic heterocycles. The van der Waals surface area contributed by atoms with Crippen LogP contribution in [0, 0.1) is 6.92 Å². The Labute approximate surface area is 134 Å². The highest BCUT2D eigenvalue weighted by molar-refractivity contribution is 7.89. The Hall–Kier alpha value is -1.89. The van der Waals surface area contributed by atoms with Gasteiger partial charge in [0, 0.05) is 6.54 Å². The zero-order chi connectivity index (χ0) is 16.3. The van der Waals surface area contributed by atoms with E-state index in [-0.39, 0.29) is 15.5 Å². The van der Waals surface area contributed by atoms with Crippen molar-refractivity contribution in [2.75, 3.05) is 0 Å². The second-order valence-electron chi connectivity index (χ2n) is 4.85. The van der Waals surface area contributed by atoms with E-state index in [9.17, 15) is 13.2 Å². The summed E-state index contributed by atoms with van der Waals surface area (Å²) in [4.78, 5) is 12.0. The molecule has 0 saturated carbocycles. The molecule has 0 bridgehead atoms. The Kier molecular flexibility index (Phi) is 4.85. The van der Waals surface area contributed by atoms with Gasteiger partial charge in [-0.2, -0.15) is 0 Å². The monoisotopic (exact) mass is 338 g/mol. The van der Waals surface area contributed by atoms with Gasteiger partial charge in [0.1, 0.15) is 0 Å². The fourth-order valence-electron chi connectivity index (χ4n) is 1.84. The van der Waals surface area contributed by atoms with Gasteiger partial charge in [0.05, 0.1) is 15.5 Å². The summed E-state index contributed by atoms with van der Waals surface area (Å²) in [6, 6.07) is 11.4. The molecule has 0 heterocycles. The molecule has 0 spiro atoms. The summed E-state index contributed by atoms with van der Waals surface area (Å²) in [5, 5.41) is 7.91. The van der Waals surface area contributed by atoms with Crippen LogP contribution in [0.1, 0.15) is 21.5 Å². The number of carbonyl (C=O) groups is 1. The number of halogens is 1. The van der Waals surface area contributed by atoms with Crippen molar-refractivity contribution in [1.82, 2.24) is 5.32 Å². The van der Waals surface area contributed by atoms with Gasteiger partial charge < -0.3 is 5.32 Å². The number of benzene rings is 2. The van der Waals surface area contributed by atoms with Crippen LogP contribution < -0.4 is 10.5 Å². The lowest BCUT2D eigenvalue weighted by atomic mass is 10.1. The van der Waals surface area contributed by atoms with Crippen molar-refractivity contribution in [3.63, 3.8) is 0 Å². The standard InChI is InChI=1S/C15H15ClN2O3S/c1-10-2-4-11(5-3-10)9-18-15(19)13-8-12(22(17,20)21)6-7-14(13)16/h2-8H,9H2,1H3,(H,18,19)(H2,17,20,21). The lowest BCUT2D eigenvalue weighted by Gasteiger charge is -2.08. The first-order valence-corrected chi connectivity index (χ1v) is 8.36. The van der Waals surface area contributed by atoms with Crippen molar-refractivity contribution < 1.29 is 13.2 Å². The second kappa shape index (κ2) is 6.48. The lowest BCUT2D eigenvalue weighted by Crippen LogP contribution is -2.23. The normalized spacial score (nSPS) is 11.2. The summed E-state index contributed by atoms with van der Waals surface area (Å²) in [7, 11) is -3.89. The van der Waals surface area contributed by atoms with Crippen LogP contribution in [-0.2, 0) is 16.6 Å². The largest absolute Gasteiger partial charge is 0.348 e. The summed E-state index contributed by atoms with van der Waals surface area (Å²) in [5.74, 6) is -0.462. The fraction of sp³-hybridized carbons (Fsp3) is 0.133. The van der Waals surface area contributed by atoms with Crippen LogP contribution in [0.2, 0.25) is 5.02 Å². The van der Waals surface area contributed by atoms with Crippen LogP contribution in [0.25, 0.3) is 0 Å². The van der Waals surface area contributed by atoms with Crippen molar-refractivity contribution in [2.45, 2.75) is 18.4 Å². The molecular formula is C15H15ClN2O3S. The average molecular weight is 339 g/mol. The number of amides is 1. The van der Waals surface area contributed by atoms with Gasteiger partial charge in [-0.25, -0.2) is 13.6 Å². The van der Waals surface area contributed by atoms with Crippen molar-refractivity contribution in [2.24, 2.45) is 5.14 Å². The minimum atomic E-state index is -3.89. The van der Waals surface area contributed by atoms with Gasteiger partial charge in [0.25, 0.3) is 5.91 Å². The van der Waals surface area contributed by atoms with E-state index in [1.54, 1.807) is 0 Å². The van der Waals surface area contributed by atoms with E-state index in [1.165, 1.54) is 18.2 Å². The van der Waals surface area contributed by atoms with Gasteiger partial charge in [-0.15, -0.1) is 0 Å². The van der Waals surface area contributed by atoms with Gasteiger partial charge in [0.15, 0.2) is 0 Å². The Balaban J connectivity index is 2.17. The molecule has 5 nitrogen and oxygen atoms in total. The van der Waals surface area contributed by atoms with Crippen LogP contribution in [0.3, 0.4) is 0 Å². The molecule has 116 valence electrons. The first kappa shape index (κ1) is 16.5. The predicted molar refractivity (Wildman–Crippen MR) is 85.2 cm³/mol. The molecule has 2 aromatic carbocycles. The molecule has 7 heteroatoms. The van der Waals surface area contributed by atoms with E-state index >= 15 is 0 Å². The molecule has 3 N–H and O–H groups in total. The highest BCUT2D eigenvalue weighted by Gasteiger charge is 2.15. The van der Waals surface area contributed by atoms with Gasteiger partial charge in [-0.05, 0) is 30.7 Å². The molecule has 1 amide bonds. The number of nitrogens with one attached hydrogen (secondary N) is 1. The molecule has 2 aromatic rings. The molecule has 0 fully saturated rings. The Morgan fingerprint density at radius 2 is 1.82 bits per heavy atom. The molecule has 22 heavy (non-hydrogen) atoms. The van der Waals surface area contributed by atoms with Crippen molar-refractivity contribution >= 4 is 27.5 Å². The van der Waals surface area contributed by atoms with E-state index in [1.807, 2.05) is 31.2 Å². The van der Waals surface area contributed by atoms with Crippen molar-refractivity contribution in [3.8, 4) is 0 Å². The first-order chi connectivity index (χ1) is 10.3. The minimum absolute atomic E-state index is 0.0697. The number of rotatable bonds is 4. The molecule has 0 radical (unpaired) electrons. The zero-order valence-electron chi connectivity index (χ0n) is 11.8. The number of hydrogen-bond acceptors (Lipinski definition) is 3. The maximum Gasteiger partial charge on any atom is 0.253 e. The molecule has 0 aliphatic rings. The highest BCUT2D eigenvalue weighted by atomic mass is 35.5. The minimum Gasteiger partial charge on any atom is -0.348 e. The molecule has 2 rings (SSSR count). The SMILES string of the molecule is Cc1ccc(CNC(=O)c2cc(S(N)(=O)=O)ccc2Cl)cc1. The van der Waals surface area contributed by atoms with E-state index in [0.29, 0.717) is 6.54 Å². The summed E-state index contributed by atoms with van der Waals surface area (Å²) in [6.45, 7) is 2.29. The summed E-state index contributed by atoms with van der Waals surface area (Å²) < 4.78 is 22.7. The summed E-state index contributed by atoms with van der Waals surface area (Å²) in [5.41, 5.74) is 2.12. The molecule has 0 aliphatic heterocycles. The van der Waals surface area contributed by atoms with Crippen LogP contribution in [0.5, 0.6) is 0 Å². The summed E-state index contributed by atoms with van der Waals surface area (Å²) >= 11 is 5.95. The molecule has 0 saturated heterocycles. The molecule has 0 unspecified atom stereocenters. The lowest BCUT2D eigenvalue weighted by molar-refractivity contribution is 0.0951. The van der Waals surface area contributed by atoms with Crippen LogP contribution >= 0.6 is 11.6 Å². The number of sulfonamides is 1. The third-order valence-electron chi connectivity index (χ3n) is 3.08.